The SMILES string of the molecule is CCCCCCCCCCCCNC(=O)CCNCCN(CCN(CCC(=O)NCCCCCCCCCCCC)CCC(=O)NCCCCCCCCCCCC)CCN(CCC(=O)NCCCCCCCCCCCC)CCC(=O)NCCCCCCCCCCCC. The van der Waals surface area contributed by atoms with Crippen molar-refractivity contribution < 1.29 is 24.0 Å². The number of carbonyl (C=O) groups is 5. The lowest BCUT2D eigenvalue weighted by Gasteiger charge is -2.30. The molecule has 5 amide bonds. The zero-order valence-electron chi connectivity index (χ0n) is 64.1. The van der Waals surface area contributed by atoms with Crippen LogP contribution in [0.25, 0.3) is 0 Å². The molecule has 6 N–H and O–H groups in total. The second kappa shape index (κ2) is 76.9. The lowest BCUT2D eigenvalue weighted by Crippen LogP contribution is -2.44. The van der Waals surface area contributed by atoms with Gasteiger partial charge in [-0.2, -0.15) is 0 Å². The van der Waals surface area contributed by atoms with Gasteiger partial charge in [0.25, 0.3) is 0 Å². The van der Waals surface area contributed by atoms with Crippen molar-refractivity contribution in [3.05, 3.63) is 0 Å². The summed E-state index contributed by atoms with van der Waals surface area (Å²) in [5.74, 6) is 0.374. The molecule has 14 nitrogen and oxygen atoms in total. The average Bonchev–Trinajstić information content (AvgIpc) is 2.85. The van der Waals surface area contributed by atoms with Crippen LogP contribution in [0.5, 0.6) is 0 Å². The van der Waals surface area contributed by atoms with Gasteiger partial charge in [-0.3, -0.25) is 28.9 Å². The summed E-state index contributed by atoms with van der Waals surface area (Å²) in [6.45, 7) is 22.1. The van der Waals surface area contributed by atoms with Crippen molar-refractivity contribution in [2.24, 2.45) is 0 Å². The number of nitrogens with one attached hydrogen (secondary N) is 6. The minimum Gasteiger partial charge on any atom is -0.356 e. The number of hydrogen-bond donors (Lipinski definition) is 6. The molecule has 0 aliphatic rings. The van der Waals surface area contributed by atoms with E-state index in [1.165, 1.54) is 257 Å². The Hall–Kier alpha value is -2.81. The molecule has 0 saturated carbocycles. The third kappa shape index (κ3) is 72.3. The lowest BCUT2D eigenvalue weighted by atomic mass is 10.1. The van der Waals surface area contributed by atoms with Gasteiger partial charge in [0.1, 0.15) is 0 Å². The van der Waals surface area contributed by atoms with E-state index >= 15 is 0 Å². The maximum Gasteiger partial charge on any atom is 0.221 e. The molecule has 0 aliphatic carbocycles. The molecule has 562 valence electrons. The second-order valence-corrected chi connectivity index (χ2v) is 28.7. The lowest BCUT2D eigenvalue weighted by molar-refractivity contribution is -0.123. The van der Waals surface area contributed by atoms with Gasteiger partial charge in [-0.1, -0.05) is 324 Å². The van der Waals surface area contributed by atoms with E-state index in [9.17, 15) is 24.0 Å². The van der Waals surface area contributed by atoms with Crippen molar-refractivity contribution >= 4 is 29.5 Å². The molecule has 0 radical (unpaired) electrons. The summed E-state index contributed by atoms with van der Waals surface area (Å²) in [7, 11) is 0. The summed E-state index contributed by atoms with van der Waals surface area (Å²) >= 11 is 0. The Balaban J connectivity index is 6.04. The van der Waals surface area contributed by atoms with Crippen molar-refractivity contribution in [3.63, 3.8) is 0 Å². The van der Waals surface area contributed by atoms with Gasteiger partial charge in [0.05, 0.1) is 0 Å². The van der Waals surface area contributed by atoms with E-state index in [2.05, 4.69) is 81.2 Å². The molecular weight excluding hydrogens is 1180 g/mol. The summed E-state index contributed by atoms with van der Waals surface area (Å²) in [5.41, 5.74) is 0. The van der Waals surface area contributed by atoms with Crippen molar-refractivity contribution in [1.82, 2.24) is 46.6 Å². The van der Waals surface area contributed by atoms with Gasteiger partial charge in [-0.15, -0.1) is 0 Å². The van der Waals surface area contributed by atoms with E-state index < -0.39 is 0 Å². The zero-order chi connectivity index (χ0) is 69.1. The standard InChI is InChI=1S/C81H163N9O5/c1-6-11-16-21-26-31-36-41-46-51-61-83-77(91)56-66-82-67-72-90(75-73-88(68-57-78(92)84-62-52-47-42-37-32-27-22-17-12-7-2)69-58-79(93)85-63-53-48-43-38-33-28-23-18-13-8-3)76-74-89(70-59-80(94)86-64-54-49-44-39-34-29-24-19-14-9-4)71-60-81(95)87-65-55-50-45-40-35-30-25-20-15-10-5/h82H,6-76H2,1-5H3,(H,83,91)(H,84,92)(H,85,93)(H,86,94)(H,87,95). The maximum atomic E-state index is 13.4. The van der Waals surface area contributed by atoms with E-state index in [-0.39, 0.29) is 29.5 Å². The van der Waals surface area contributed by atoms with Gasteiger partial charge in [0.2, 0.25) is 29.5 Å². The fourth-order valence-corrected chi connectivity index (χ4v) is 12.8. The molecule has 0 fully saturated rings. The third-order valence-corrected chi connectivity index (χ3v) is 19.5. The van der Waals surface area contributed by atoms with E-state index in [4.69, 9.17) is 0 Å². The predicted octanol–water partition coefficient (Wildman–Crippen LogP) is 18.6. The smallest absolute Gasteiger partial charge is 0.221 e. The fourth-order valence-electron chi connectivity index (χ4n) is 12.8. The minimum atomic E-state index is 0.0700. The fraction of sp³-hybridized carbons (Fsp3) is 0.938. The van der Waals surface area contributed by atoms with Crippen LogP contribution in [0.2, 0.25) is 0 Å². The highest BCUT2D eigenvalue weighted by atomic mass is 16.2. The van der Waals surface area contributed by atoms with E-state index in [1.54, 1.807) is 0 Å². The highest BCUT2D eigenvalue weighted by Gasteiger charge is 2.17. The summed E-state index contributed by atoms with van der Waals surface area (Å²) in [5, 5.41) is 19.6. The molecule has 14 heteroatoms. The molecule has 0 aromatic heterocycles. The topological polar surface area (TPSA) is 167 Å². The Morgan fingerprint density at radius 2 is 0.347 bits per heavy atom. The predicted molar refractivity (Wildman–Crippen MR) is 410 cm³/mol. The molecule has 0 aromatic rings. The summed E-state index contributed by atoms with van der Waals surface area (Å²) in [6.07, 6.45) is 65.2. The number of unbranched alkanes of at least 4 members (excludes halogenated alkanes) is 45. The van der Waals surface area contributed by atoms with Crippen molar-refractivity contribution in [2.75, 3.05) is 105 Å². The molecule has 0 rings (SSSR count). The first kappa shape index (κ1) is 92.2. The van der Waals surface area contributed by atoms with Crippen molar-refractivity contribution in [1.29, 1.82) is 0 Å². The van der Waals surface area contributed by atoms with E-state index in [1.807, 2.05) is 0 Å². The minimum absolute atomic E-state index is 0.0700. The zero-order valence-corrected chi connectivity index (χ0v) is 64.1. The number of carbonyl (C=O) groups excluding carboxylic acids is 5. The first-order valence-electron chi connectivity index (χ1n) is 41.9. The van der Waals surface area contributed by atoms with E-state index in [0.717, 1.165) is 90.4 Å². The average molecular weight is 1340 g/mol. The second-order valence-electron chi connectivity index (χ2n) is 28.7. The van der Waals surface area contributed by atoms with Crippen LogP contribution < -0.4 is 31.9 Å². The Bertz CT molecular complexity index is 1470. The van der Waals surface area contributed by atoms with Crippen LogP contribution in [0.1, 0.15) is 388 Å². The van der Waals surface area contributed by atoms with Gasteiger partial charge in [0.15, 0.2) is 0 Å². The highest BCUT2D eigenvalue weighted by molar-refractivity contribution is 5.77. The maximum absolute atomic E-state index is 13.4. The molecule has 0 atom stereocenters. The van der Waals surface area contributed by atoms with Gasteiger partial charge in [0, 0.05) is 137 Å². The van der Waals surface area contributed by atoms with Gasteiger partial charge >= 0.3 is 0 Å². The van der Waals surface area contributed by atoms with E-state index in [0.29, 0.717) is 111 Å². The first-order valence-corrected chi connectivity index (χ1v) is 41.9. The van der Waals surface area contributed by atoms with Crippen LogP contribution >= 0.6 is 0 Å². The molecule has 0 heterocycles. The molecule has 0 saturated heterocycles. The van der Waals surface area contributed by atoms with Gasteiger partial charge in [-0.25, -0.2) is 0 Å². The molecular formula is C81H163N9O5. The van der Waals surface area contributed by atoms with Crippen molar-refractivity contribution in [3.8, 4) is 0 Å². The summed E-state index contributed by atoms with van der Waals surface area (Å²) < 4.78 is 0. The molecule has 0 spiro atoms. The number of hydrogen-bond acceptors (Lipinski definition) is 9. The Morgan fingerprint density at radius 3 is 0.547 bits per heavy atom. The van der Waals surface area contributed by atoms with Crippen LogP contribution in [0.15, 0.2) is 0 Å². The van der Waals surface area contributed by atoms with Crippen LogP contribution in [-0.4, -0.2) is 149 Å². The van der Waals surface area contributed by atoms with Crippen LogP contribution in [0.4, 0.5) is 0 Å². The third-order valence-electron chi connectivity index (χ3n) is 19.5. The molecule has 0 unspecified atom stereocenters. The van der Waals surface area contributed by atoms with Crippen molar-refractivity contribution in [2.45, 2.75) is 388 Å². The van der Waals surface area contributed by atoms with Crippen LogP contribution in [0.3, 0.4) is 0 Å². The molecule has 95 heavy (non-hydrogen) atoms. The molecule has 0 bridgehead atoms. The number of amides is 5. The van der Waals surface area contributed by atoms with Crippen LogP contribution in [0, 0.1) is 0 Å². The summed E-state index contributed by atoms with van der Waals surface area (Å²) in [6, 6.07) is 0. The van der Waals surface area contributed by atoms with Gasteiger partial charge < -0.3 is 41.7 Å². The normalized spacial score (nSPS) is 11.6. The number of rotatable bonds is 79. The largest absolute Gasteiger partial charge is 0.356 e. The Labute approximate surface area is 589 Å². The Morgan fingerprint density at radius 1 is 0.179 bits per heavy atom. The summed E-state index contributed by atoms with van der Waals surface area (Å²) in [4.78, 5) is 73.6. The Kier molecular flexibility index (Phi) is 74.7. The molecule has 0 aliphatic heterocycles. The highest BCUT2D eigenvalue weighted by Crippen LogP contribution is 2.15. The monoisotopic (exact) mass is 1340 g/mol. The quantitative estimate of drug-likeness (QED) is 0.0325. The van der Waals surface area contributed by atoms with Gasteiger partial charge in [-0.05, 0) is 32.1 Å². The first-order chi connectivity index (χ1) is 46.7. The number of nitrogens with zero attached hydrogens (tertiary/aromatic N) is 3. The molecule has 0 aromatic carbocycles. The van der Waals surface area contributed by atoms with Crippen LogP contribution in [-0.2, 0) is 24.0 Å².